The highest BCUT2D eigenvalue weighted by Crippen LogP contribution is 2.27. The number of benzene rings is 1. The van der Waals surface area contributed by atoms with Gasteiger partial charge >= 0.3 is 0 Å². The van der Waals surface area contributed by atoms with Gasteiger partial charge in [-0.2, -0.15) is 0 Å². The molecule has 0 aromatic heterocycles. The van der Waals surface area contributed by atoms with Gasteiger partial charge in [-0.05, 0) is 18.1 Å². The molecule has 1 aromatic carbocycles. The Bertz CT molecular complexity index is 378. The van der Waals surface area contributed by atoms with E-state index in [1.165, 1.54) is 11.3 Å². The second-order valence-electron chi connectivity index (χ2n) is 4.30. The monoisotopic (exact) mass is 233 g/mol. The number of ether oxygens (including phenoxy) is 1. The van der Waals surface area contributed by atoms with Gasteiger partial charge in [-0.15, -0.1) is 6.58 Å². The fourth-order valence-electron chi connectivity index (χ4n) is 2.19. The van der Waals surface area contributed by atoms with Crippen LogP contribution in [0.1, 0.15) is 5.56 Å². The zero-order valence-corrected chi connectivity index (χ0v) is 10.0. The fraction of sp³-hybridized carbons (Fsp3) is 0.429. The minimum Gasteiger partial charge on any atom is -0.389 e. The topological polar surface area (TPSA) is 32.7 Å². The van der Waals surface area contributed by atoms with E-state index < -0.39 is 6.10 Å². The van der Waals surface area contributed by atoms with Gasteiger partial charge < -0.3 is 14.7 Å². The van der Waals surface area contributed by atoms with Gasteiger partial charge in [0.15, 0.2) is 0 Å². The first kappa shape index (κ1) is 12.1. The summed E-state index contributed by atoms with van der Waals surface area (Å²) in [7, 11) is 0. The molecule has 0 saturated carbocycles. The summed E-state index contributed by atoms with van der Waals surface area (Å²) in [6.45, 7) is 6.05. The third-order valence-corrected chi connectivity index (χ3v) is 2.96. The first-order valence-corrected chi connectivity index (χ1v) is 6.01. The zero-order chi connectivity index (χ0) is 12.1. The maximum absolute atomic E-state index is 9.86. The second kappa shape index (κ2) is 5.84. The van der Waals surface area contributed by atoms with Crippen LogP contribution in [0.2, 0.25) is 0 Å². The molecule has 1 heterocycles. The molecule has 0 aliphatic carbocycles. The standard InChI is InChI=1S/C14H19NO2/c1-2-9-17-11-13(16)10-15-8-7-12-5-3-4-6-14(12)15/h2-6,13,16H,1,7-11H2. The maximum Gasteiger partial charge on any atom is 0.0948 e. The molecule has 0 amide bonds. The molecule has 1 atom stereocenters. The first-order valence-electron chi connectivity index (χ1n) is 6.01. The Kier molecular flexibility index (Phi) is 4.18. The van der Waals surface area contributed by atoms with Crippen molar-refractivity contribution in [3.63, 3.8) is 0 Å². The van der Waals surface area contributed by atoms with Crippen molar-refractivity contribution in [3.8, 4) is 0 Å². The Morgan fingerprint density at radius 2 is 2.29 bits per heavy atom. The lowest BCUT2D eigenvalue weighted by atomic mass is 10.2. The molecule has 1 aromatic rings. The molecule has 0 bridgehead atoms. The molecule has 3 heteroatoms. The summed E-state index contributed by atoms with van der Waals surface area (Å²) in [5.41, 5.74) is 2.61. The van der Waals surface area contributed by atoms with Crippen molar-refractivity contribution < 1.29 is 9.84 Å². The van der Waals surface area contributed by atoms with Crippen LogP contribution in [0.5, 0.6) is 0 Å². The number of nitrogens with zero attached hydrogens (tertiary/aromatic N) is 1. The van der Waals surface area contributed by atoms with Gasteiger partial charge in [-0.25, -0.2) is 0 Å². The number of hydrogen-bond acceptors (Lipinski definition) is 3. The Labute approximate surface area is 102 Å². The summed E-state index contributed by atoms with van der Waals surface area (Å²) in [4.78, 5) is 2.22. The van der Waals surface area contributed by atoms with E-state index in [0.29, 0.717) is 19.8 Å². The van der Waals surface area contributed by atoms with E-state index >= 15 is 0 Å². The molecule has 92 valence electrons. The molecule has 0 saturated heterocycles. The van der Waals surface area contributed by atoms with Gasteiger partial charge in [-0.1, -0.05) is 24.3 Å². The Balaban J connectivity index is 1.86. The molecular formula is C14H19NO2. The summed E-state index contributed by atoms with van der Waals surface area (Å²) >= 11 is 0. The van der Waals surface area contributed by atoms with Crippen LogP contribution >= 0.6 is 0 Å². The average Bonchev–Trinajstić information content (AvgIpc) is 2.73. The normalized spacial score (nSPS) is 15.7. The number of anilines is 1. The van der Waals surface area contributed by atoms with Crippen LogP contribution in [0.4, 0.5) is 5.69 Å². The van der Waals surface area contributed by atoms with Crippen molar-refractivity contribution in [2.45, 2.75) is 12.5 Å². The van der Waals surface area contributed by atoms with Gasteiger partial charge in [-0.3, -0.25) is 0 Å². The first-order chi connectivity index (χ1) is 8.31. The Morgan fingerprint density at radius 3 is 3.12 bits per heavy atom. The van der Waals surface area contributed by atoms with Crippen LogP contribution < -0.4 is 4.90 Å². The number of hydrogen-bond donors (Lipinski definition) is 1. The molecule has 0 fully saturated rings. The number of β-amino-alcohol motifs (C(OH)–C–C–N with tert-alkyl or cyclic N) is 1. The smallest absolute Gasteiger partial charge is 0.0948 e. The second-order valence-corrected chi connectivity index (χ2v) is 4.30. The maximum atomic E-state index is 9.86. The van der Waals surface area contributed by atoms with Gasteiger partial charge in [0, 0.05) is 18.8 Å². The predicted octanol–water partition coefficient (Wildman–Crippen LogP) is 1.61. The van der Waals surface area contributed by atoms with Crippen LogP contribution in [0, 0.1) is 0 Å². The minimum absolute atomic E-state index is 0.366. The van der Waals surface area contributed by atoms with Crippen molar-refractivity contribution in [2.75, 3.05) is 31.2 Å². The lowest BCUT2D eigenvalue weighted by molar-refractivity contribution is 0.0534. The lowest BCUT2D eigenvalue weighted by Crippen LogP contribution is -2.33. The highest BCUT2D eigenvalue weighted by molar-refractivity contribution is 5.57. The Hall–Kier alpha value is -1.32. The Morgan fingerprint density at radius 1 is 1.47 bits per heavy atom. The van der Waals surface area contributed by atoms with Crippen molar-refractivity contribution >= 4 is 5.69 Å². The quantitative estimate of drug-likeness (QED) is 0.598. The van der Waals surface area contributed by atoms with E-state index in [2.05, 4.69) is 29.7 Å². The van der Waals surface area contributed by atoms with Crippen molar-refractivity contribution in [2.24, 2.45) is 0 Å². The van der Waals surface area contributed by atoms with Crippen LogP contribution in [0.15, 0.2) is 36.9 Å². The summed E-state index contributed by atoms with van der Waals surface area (Å²) in [5, 5.41) is 9.86. The van der Waals surface area contributed by atoms with E-state index in [4.69, 9.17) is 4.74 Å². The molecule has 1 aliphatic rings. The van der Waals surface area contributed by atoms with E-state index in [1.807, 2.05) is 6.07 Å². The van der Waals surface area contributed by atoms with Gasteiger partial charge in [0.2, 0.25) is 0 Å². The molecule has 2 rings (SSSR count). The third-order valence-electron chi connectivity index (χ3n) is 2.96. The summed E-state index contributed by atoms with van der Waals surface area (Å²) < 4.78 is 5.25. The molecule has 1 N–H and O–H groups in total. The number of rotatable bonds is 6. The molecule has 17 heavy (non-hydrogen) atoms. The summed E-state index contributed by atoms with van der Waals surface area (Å²) in [6.07, 6.45) is 2.31. The lowest BCUT2D eigenvalue weighted by Gasteiger charge is -2.22. The summed E-state index contributed by atoms with van der Waals surface area (Å²) in [5.74, 6) is 0. The van der Waals surface area contributed by atoms with Crippen LogP contribution in [-0.4, -0.2) is 37.5 Å². The third kappa shape index (κ3) is 3.08. The number of aliphatic hydroxyl groups excluding tert-OH is 1. The number of fused-ring (bicyclic) bond motifs is 1. The summed E-state index contributed by atoms with van der Waals surface area (Å²) in [6, 6.07) is 8.36. The number of aliphatic hydroxyl groups is 1. The number of para-hydroxylation sites is 1. The fourth-order valence-corrected chi connectivity index (χ4v) is 2.19. The highest BCUT2D eigenvalue weighted by Gasteiger charge is 2.20. The molecule has 1 unspecified atom stereocenters. The van der Waals surface area contributed by atoms with E-state index in [0.717, 1.165) is 13.0 Å². The minimum atomic E-state index is -0.443. The zero-order valence-electron chi connectivity index (χ0n) is 10.0. The van der Waals surface area contributed by atoms with Crippen molar-refractivity contribution in [1.29, 1.82) is 0 Å². The molecule has 0 radical (unpaired) electrons. The van der Waals surface area contributed by atoms with Gasteiger partial charge in [0.25, 0.3) is 0 Å². The SMILES string of the molecule is C=CCOCC(O)CN1CCc2ccccc21. The van der Waals surface area contributed by atoms with E-state index in [-0.39, 0.29) is 0 Å². The molecule has 0 spiro atoms. The molecular weight excluding hydrogens is 214 g/mol. The molecule has 1 aliphatic heterocycles. The van der Waals surface area contributed by atoms with Crippen LogP contribution in [0.25, 0.3) is 0 Å². The van der Waals surface area contributed by atoms with E-state index in [9.17, 15) is 5.11 Å². The van der Waals surface area contributed by atoms with Crippen molar-refractivity contribution in [3.05, 3.63) is 42.5 Å². The largest absolute Gasteiger partial charge is 0.389 e. The van der Waals surface area contributed by atoms with E-state index in [1.54, 1.807) is 6.08 Å². The predicted molar refractivity (Wildman–Crippen MR) is 69.4 cm³/mol. The van der Waals surface area contributed by atoms with Crippen LogP contribution in [0.3, 0.4) is 0 Å². The van der Waals surface area contributed by atoms with Gasteiger partial charge in [0.05, 0.1) is 19.3 Å². The van der Waals surface area contributed by atoms with Gasteiger partial charge in [0.1, 0.15) is 0 Å². The molecule has 3 nitrogen and oxygen atoms in total. The highest BCUT2D eigenvalue weighted by atomic mass is 16.5. The van der Waals surface area contributed by atoms with Crippen molar-refractivity contribution in [1.82, 2.24) is 0 Å². The average molecular weight is 233 g/mol. The van der Waals surface area contributed by atoms with Crippen LogP contribution in [-0.2, 0) is 11.2 Å².